The van der Waals surface area contributed by atoms with Crippen LogP contribution in [0.3, 0.4) is 0 Å². The van der Waals surface area contributed by atoms with Gasteiger partial charge in [-0.05, 0) is 103 Å². The van der Waals surface area contributed by atoms with E-state index in [-0.39, 0.29) is 12.5 Å². The maximum atomic E-state index is 13.1. The summed E-state index contributed by atoms with van der Waals surface area (Å²) in [5.41, 5.74) is 0. The lowest BCUT2D eigenvalue weighted by atomic mass is 9.99. The molecule has 7 atom stereocenters. The van der Waals surface area contributed by atoms with Crippen molar-refractivity contribution in [2.75, 3.05) is 13.2 Å². The first kappa shape index (κ1) is 83.1. The quantitative estimate of drug-likeness (QED) is 0.0261. The predicted octanol–water partition coefficient (Wildman–Crippen LogP) is 20.5. The van der Waals surface area contributed by atoms with Gasteiger partial charge in [-0.1, -0.05) is 333 Å². The number of carbonyl (C=O) groups excluding carboxylic acids is 1. The Kier molecular flexibility index (Phi) is 62.5. The van der Waals surface area contributed by atoms with E-state index in [0.717, 1.165) is 128 Å². The third-order valence-corrected chi connectivity index (χ3v) is 16.4. The van der Waals surface area contributed by atoms with Crippen molar-refractivity contribution < 1.29 is 39.8 Å². The maximum absolute atomic E-state index is 13.1. The third kappa shape index (κ3) is 55.4. The first-order valence-electron chi connectivity index (χ1n) is 36.6. The van der Waals surface area contributed by atoms with Crippen molar-refractivity contribution in [1.82, 2.24) is 5.32 Å². The Morgan fingerprint density at radius 2 is 0.697 bits per heavy atom. The summed E-state index contributed by atoms with van der Waals surface area (Å²) in [6.07, 6.45) is 96.6. The van der Waals surface area contributed by atoms with Crippen molar-refractivity contribution in [3.8, 4) is 0 Å². The Balaban J connectivity index is 2.18. The second-order valence-electron chi connectivity index (χ2n) is 24.7. The van der Waals surface area contributed by atoms with Crippen molar-refractivity contribution in [2.24, 2.45) is 0 Å². The van der Waals surface area contributed by atoms with Crippen molar-refractivity contribution in [3.63, 3.8) is 0 Å². The molecule has 1 saturated heterocycles. The molecular weight excluding hydrogens is 1100 g/mol. The van der Waals surface area contributed by atoms with E-state index < -0.39 is 49.5 Å². The molecule has 1 fully saturated rings. The van der Waals surface area contributed by atoms with E-state index in [1.165, 1.54) is 148 Å². The van der Waals surface area contributed by atoms with Gasteiger partial charge in [0.05, 0.1) is 25.4 Å². The number of allylic oxidation sites excluding steroid dienone is 23. The number of aliphatic hydroxyl groups excluding tert-OH is 5. The van der Waals surface area contributed by atoms with E-state index in [0.29, 0.717) is 6.42 Å². The SMILES string of the molecule is CC/C=C\C/C=C\C/C=C\C/C=C\C/C=C\C/C=C\C/C=C\C/C=C\C/C=C\C/C=C\C/C=C\CCCCCCCC(=O)NC(COC1OC(CO)C(O)C(O)C1O)C(O)/C=C/CCCCCCCCCCCCCCCCCCCCCCCCCCC. The lowest BCUT2D eigenvalue weighted by molar-refractivity contribution is -0.302. The minimum atomic E-state index is -1.58. The smallest absolute Gasteiger partial charge is 0.220 e. The van der Waals surface area contributed by atoms with Crippen LogP contribution < -0.4 is 5.32 Å². The van der Waals surface area contributed by atoms with Gasteiger partial charge in [-0.3, -0.25) is 4.79 Å². The Morgan fingerprint density at radius 3 is 1.03 bits per heavy atom. The molecule has 9 nitrogen and oxygen atoms in total. The van der Waals surface area contributed by atoms with Gasteiger partial charge in [-0.2, -0.15) is 0 Å². The largest absolute Gasteiger partial charge is 0.394 e. The zero-order valence-corrected chi connectivity index (χ0v) is 56.9. The van der Waals surface area contributed by atoms with Crippen LogP contribution in [0, 0.1) is 0 Å². The molecular formula is C80H135NO8. The molecule has 1 amide bonds. The van der Waals surface area contributed by atoms with Crippen LogP contribution in [0.1, 0.15) is 296 Å². The molecule has 89 heavy (non-hydrogen) atoms. The summed E-state index contributed by atoms with van der Waals surface area (Å²) in [6, 6.07) is -0.828. The lowest BCUT2D eigenvalue weighted by Gasteiger charge is -2.40. The molecule has 0 spiro atoms. The summed E-state index contributed by atoms with van der Waals surface area (Å²) in [6.45, 7) is 3.67. The normalized spacial score (nSPS) is 18.8. The highest BCUT2D eigenvalue weighted by molar-refractivity contribution is 5.76. The maximum Gasteiger partial charge on any atom is 0.220 e. The summed E-state index contributed by atoms with van der Waals surface area (Å²) in [5, 5.41) is 54.8. The molecule has 0 aromatic rings. The molecule has 508 valence electrons. The average Bonchev–Trinajstić information content (AvgIpc) is 2.42. The number of aliphatic hydroxyl groups is 5. The van der Waals surface area contributed by atoms with Gasteiger partial charge in [-0.25, -0.2) is 0 Å². The number of carbonyl (C=O) groups is 1. The highest BCUT2D eigenvalue weighted by Crippen LogP contribution is 2.23. The second kappa shape index (κ2) is 67.0. The molecule has 6 N–H and O–H groups in total. The Bertz CT molecular complexity index is 1920. The van der Waals surface area contributed by atoms with E-state index in [9.17, 15) is 30.3 Å². The fraction of sp³-hybridized carbons (Fsp3) is 0.688. The van der Waals surface area contributed by atoms with Crippen LogP contribution in [-0.4, -0.2) is 87.5 Å². The minimum Gasteiger partial charge on any atom is -0.394 e. The molecule has 0 aromatic carbocycles. The highest BCUT2D eigenvalue weighted by Gasteiger charge is 2.44. The third-order valence-electron chi connectivity index (χ3n) is 16.4. The molecule has 1 heterocycles. The molecule has 0 radical (unpaired) electrons. The van der Waals surface area contributed by atoms with Gasteiger partial charge in [-0.15, -0.1) is 0 Å². The summed E-state index contributed by atoms with van der Waals surface area (Å²) in [7, 11) is 0. The van der Waals surface area contributed by atoms with Gasteiger partial charge in [0, 0.05) is 6.42 Å². The first-order valence-corrected chi connectivity index (χ1v) is 36.6. The van der Waals surface area contributed by atoms with E-state index in [1.54, 1.807) is 6.08 Å². The van der Waals surface area contributed by atoms with E-state index in [4.69, 9.17) is 9.47 Å². The van der Waals surface area contributed by atoms with Crippen LogP contribution in [-0.2, 0) is 14.3 Å². The highest BCUT2D eigenvalue weighted by atomic mass is 16.7. The van der Waals surface area contributed by atoms with Gasteiger partial charge >= 0.3 is 0 Å². The lowest BCUT2D eigenvalue weighted by Crippen LogP contribution is -2.60. The Labute approximate surface area is 546 Å². The number of ether oxygens (including phenoxy) is 2. The van der Waals surface area contributed by atoms with Crippen LogP contribution in [0.4, 0.5) is 0 Å². The van der Waals surface area contributed by atoms with Gasteiger partial charge in [0.25, 0.3) is 0 Å². The van der Waals surface area contributed by atoms with E-state index >= 15 is 0 Å². The minimum absolute atomic E-state index is 0.198. The molecule has 1 rings (SSSR count). The number of unbranched alkanes of at least 4 members (excludes halogenated alkanes) is 30. The van der Waals surface area contributed by atoms with E-state index in [2.05, 4.69) is 153 Å². The number of amides is 1. The van der Waals surface area contributed by atoms with Crippen LogP contribution >= 0.6 is 0 Å². The fourth-order valence-electron chi connectivity index (χ4n) is 10.8. The standard InChI is InChI=1S/C80H135NO8/c1-3-5-7-9-11-13-15-17-19-21-23-25-27-29-31-32-33-34-35-36-37-38-39-40-41-42-44-46-48-50-52-54-56-58-60-62-64-66-68-70-76(84)81-73(72-88-80-79(87)78(86)77(85)75(71-82)89-80)74(83)69-67-65-63-61-59-57-55-53-51-49-47-45-43-30-28-26-24-22-20-18-16-14-12-10-8-6-4-2/h5,7,11,13,17,19,23,25,29,31,33-34,36-37,39-40,42,44,48,50,54,56,67,69,73-75,77-80,82-83,85-87H,3-4,6,8-10,12,14-16,18,20-22,24,26-28,30,32,35,38,41,43,45-47,49,51-53,55,57-66,68,70-72H2,1-2H3,(H,81,84)/b7-5-,13-11-,19-17-,25-23-,31-29-,34-33-,37-36-,40-39-,44-42-,50-48-,56-54-,69-67+. The molecule has 1 aliphatic rings. The van der Waals surface area contributed by atoms with Crippen molar-refractivity contribution in [3.05, 3.63) is 146 Å². The molecule has 9 heteroatoms. The van der Waals surface area contributed by atoms with Crippen molar-refractivity contribution in [2.45, 2.75) is 339 Å². The summed E-state index contributed by atoms with van der Waals surface area (Å²) < 4.78 is 11.3. The van der Waals surface area contributed by atoms with Crippen LogP contribution in [0.25, 0.3) is 0 Å². The number of hydrogen-bond acceptors (Lipinski definition) is 8. The van der Waals surface area contributed by atoms with Gasteiger partial charge in [0.1, 0.15) is 24.4 Å². The monoisotopic (exact) mass is 1240 g/mol. The topological polar surface area (TPSA) is 149 Å². The summed E-state index contributed by atoms with van der Waals surface area (Å²) in [5.74, 6) is -0.198. The Morgan fingerprint density at radius 1 is 0.393 bits per heavy atom. The summed E-state index contributed by atoms with van der Waals surface area (Å²) >= 11 is 0. The van der Waals surface area contributed by atoms with Gasteiger partial charge in [0.15, 0.2) is 6.29 Å². The number of hydrogen-bond donors (Lipinski definition) is 6. The fourth-order valence-corrected chi connectivity index (χ4v) is 10.8. The molecule has 1 aliphatic heterocycles. The molecule has 0 aromatic heterocycles. The van der Waals surface area contributed by atoms with Gasteiger partial charge in [0.2, 0.25) is 5.91 Å². The average molecular weight is 1240 g/mol. The molecule has 7 unspecified atom stereocenters. The number of rotatable bonds is 62. The van der Waals surface area contributed by atoms with Crippen LogP contribution in [0.2, 0.25) is 0 Å². The number of nitrogens with one attached hydrogen (secondary N) is 1. The Hall–Kier alpha value is -3.93. The zero-order valence-electron chi connectivity index (χ0n) is 56.9. The predicted molar refractivity (Wildman–Crippen MR) is 382 cm³/mol. The molecule has 0 saturated carbocycles. The van der Waals surface area contributed by atoms with Crippen molar-refractivity contribution >= 4 is 5.91 Å². The molecule has 0 bridgehead atoms. The van der Waals surface area contributed by atoms with Crippen LogP contribution in [0.15, 0.2) is 146 Å². The van der Waals surface area contributed by atoms with Crippen molar-refractivity contribution in [1.29, 1.82) is 0 Å². The van der Waals surface area contributed by atoms with Gasteiger partial charge < -0.3 is 40.3 Å². The summed E-state index contributed by atoms with van der Waals surface area (Å²) in [4.78, 5) is 13.1. The second-order valence-corrected chi connectivity index (χ2v) is 24.7. The zero-order chi connectivity index (χ0) is 64.2. The molecule has 0 aliphatic carbocycles. The van der Waals surface area contributed by atoms with E-state index in [1.807, 2.05) is 6.08 Å². The van der Waals surface area contributed by atoms with Crippen LogP contribution in [0.5, 0.6) is 0 Å². The first-order chi connectivity index (χ1) is 43.8.